The molecule has 6 nitrogen and oxygen atoms in total. The second-order valence-electron chi connectivity index (χ2n) is 7.01. The summed E-state index contributed by atoms with van der Waals surface area (Å²) in [4.78, 5) is 14.7. The molecule has 1 saturated heterocycles. The number of hydrogen-bond donors (Lipinski definition) is 2. The Balaban J connectivity index is 1.72. The summed E-state index contributed by atoms with van der Waals surface area (Å²) in [6, 6.07) is 14.8. The highest BCUT2D eigenvalue weighted by Crippen LogP contribution is 2.22. The molecule has 1 amide bonds. The summed E-state index contributed by atoms with van der Waals surface area (Å²) in [5.41, 5.74) is 6.97. The van der Waals surface area contributed by atoms with Gasteiger partial charge >= 0.3 is 0 Å². The van der Waals surface area contributed by atoms with Gasteiger partial charge in [0.1, 0.15) is 0 Å². The number of para-hydroxylation sites is 1. The van der Waals surface area contributed by atoms with Crippen LogP contribution in [0.4, 0.5) is 5.69 Å². The summed E-state index contributed by atoms with van der Waals surface area (Å²) in [6.07, 6.45) is 1.97. The summed E-state index contributed by atoms with van der Waals surface area (Å²) in [7, 11) is -3.69. The van der Waals surface area contributed by atoms with Crippen LogP contribution in [0.15, 0.2) is 59.5 Å². The lowest BCUT2D eigenvalue weighted by molar-refractivity contribution is 0.0661. The molecule has 0 aliphatic carbocycles. The molecular weight excluding hydrogens is 362 g/mol. The molecule has 1 heterocycles. The maximum absolute atomic E-state index is 12.7. The van der Waals surface area contributed by atoms with E-state index in [-0.39, 0.29) is 16.8 Å². The van der Waals surface area contributed by atoms with Crippen molar-refractivity contribution in [1.82, 2.24) is 4.90 Å². The molecule has 0 spiro atoms. The molecule has 27 heavy (non-hydrogen) atoms. The Hall–Kier alpha value is -2.38. The van der Waals surface area contributed by atoms with Crippen molar-refractivity contribution in [2.45, 2.75) is 30.7 Å². The van der Waals surface area contributed by atoms with Gasteiger partial charge in [-0.05, 0) is 62.1 Å². The fraction of sp³-hybridized carbons (Fsp3) is 0.350. The molecule has 144 valence electrons. The van der Waals surface area contributed by atoms with Crippen LogP contribution in [0.2, 0.25) is 0 Å². The van der Waals surface area contributed by atoms with Crippen LogP contribution in [0.1, 0.15) is 30.1 Å². The monoisotopic (exact) mass is 387 g/mol. The largest absolute Gasteiger partial charge is 0.338 e. The fourth-order valence-corrected chi connectivity index (χ4v) is 4.36. The molecule has 1 aliphatic heterocycles. The van der Waals surface area contributed by atoms with Crippen molar-refractivity contribution in [2.24, 2.45) is 11.7 Å². The number of sulfonamides is 1. The number of benzene rings is 2. The van der Waals surface area contributed by atoms with Gasteiger partial charge in [-0.3, -0.25) is 9.52 Å². The quantitative estimate of drug-likeness (QED) is 0.825. The van der Waals surface area contributed by atoms with Crippen molar-refractivity contribution < 1.29 is 13.2 Å². The Morgan fingerprint density at radius 2 is 1.81 bits per heavy atom. The minimum Gasteiger partial charge on any atom is -0.338 e. The van der Waals surface area contributed by atoms with Gasteiger partial charge in [0.05, 0.1) is 4.90 Å². The lowest BCUT2D eigenvalue weighted by atomic mass is 9.92. The fourth-order valence-electron chi connectivity index (χ4n) is 3.30. The minimum atomic E-state index is -3.69. The van der Waals surface area contributed by atoms with E-state index in [1.165, 1.54) is 12.1 Å². The Morgan fingerprint density at radius 1 is 1.15 bits per heavy atom. The number of hydrogen-bond acceptors (Lipinski definition) is 4. The van der Waals surface area contributed by atoms with E-state index in [2.05, 4.69) is 4.72 Å². The Bertz CT molecular complexity index is 880. The minimum absolute atomic E-state index is 0.0529. The van der Waals surface area contributed by atoms with E-state index in [1.807, 2.05) is 17.9 Å². The topological polar surface area (TPSA) is 92.5 Å². The van der Waals surface area contributed by atoms with Crippen molar-refractivity contribution in [1.29, 1.82) is 0 Å². The molecule has 0 aromatic heterocycles. The van der Waals surface area contributed by atoms with E-state index in [0.29, 0.717) is 30.3 Å². The van der Waals surface area contributed by atoms with Gasteiger partial charge in [0.15, 0.2) is 0 Å². The number of nitrogens with two attached hydrogens (primary N) is 1. The number of nitrogens with one attached hydrogen (secondary N) is 1. The number of carbonyl (C=O) groups excluding carboxylic acids is 1. The van der Waals surface area contributed by atoms with Crippen molar-refractivity contribution in [3.63, 3.8) is 0 Å². The predicted molar refractivity (Wildman–Crippen MR) is 106 cm³/mol. The van der Waals surface area contributed by atoms with Crippen molar-refractivity contribution in [2.75, 3.05) is 17.8 Å². The maximum atomic E-state index is 12.7. The van der Waals surface area contributed by atoms with Gasteiger partial charge in [0, 0.05) is 30.4 Å². The average molecular weight is 388 g/mol. The van der Waals surface area contributed by atoms with Crippen LogP contribution in [-0.2, 0) is 10.0 Å². The van der Waals surface area contributed by atoms with Crippen LogP contribution in [0.3, 0.4) is 0 Å². The van der Waals surface area contributed by atoms with Gasteiger partial charge in [0.25, 0.3) is 15.9 Å². The lowest BCUT2D eigenvalue weighted by Crippen LogP contribution is -2.45. The first kappa shape index (κ1) is 19.4. The average Bonchev–Trinajstić information content (AvgIpc) is 2.68. The number of nitrogens with zero attached hydrogens (tertiary/aromatic N) is 1. The molecule has 2 aromatic carbocycles. The van der Waals surface area contributed by atoms with Gasteiger partial charge in [0.2, 0.25) is 0 Å². The second kappa shape index (κ2) is 8.10. The van der Waals surface area contributed by atoms with Crippen molar-refractivity contribution in [3.05, 3.63) is 60.2 Å². The molecule has 2 aromatic rings. The molecule has 7 heteroatoms. The molecule has 1 aliphatic rings. The zero-order chi connectivity index (χ0) is 19.4. The normalized spacial score (nSPS) is 18.7. The molecule has 2 unspecified atom stereocenters. The third-order valence-electron chi connectivity index (χ3n) is 4.93. The summed E-state index contributed by atoms with van der Waals surface area (Å²) in [5.74, 6) is 0.220. The summed E-state index contributed by atoms with van der Waals surface area (Å²) in [5, 5.41) is 0. The van der Waals surface area contributed by atoms with Gasteiger partial charge in [-0.1, -0.05) is 18.2 Å². The zero-order valence-electron chi connectivity index (χ0n) is 15.3. The zero-order valence-corrected chi connectivity index (χ0v) is 16.2. The number of amides is 1. The third-order valence-corrected chi connectivity index (χ3v) is 6.32. The number of rotatable bonds is 5. The van der Waals surface area contributed by atoms with Gasteiger partial charge in [-0.15, -0.1) is 0 Å². The summed E-state index contributed by atoms with van der Waals surface area (Å²) < 4.78 is 27.5. The van der Waals surface area contributed by atoms with Crippen LogP contribution in [-0.4, -0.2) is 38.4 Å². The van der Waals surface area contributed by atoms with Crippen LogP contribution in [0.5, 0.6) is 0 Å². The second-order valence-corrected chi connectivity index (χ2v) is 8.69. The smallest absolute Gasteiger partial charge is 0.261 e. The number of likely N-dealkylation sites (tertiary alicyclic amines) is 1. The molecule has 2 atom stereocenters. The Morgan fingerprint density at radius 3 is 2.44 bits per heavy atom. The van der Waals surface area contributed by atoms with Crippen molar-refractivity contribution in [3.8, 4) is 0 Å². The molecule has 3 rings (SSSR count). The van der Waals surface area contributed by atoms with E-state index < -0.39 is 10.0 Å². The van der Waals surface area contributed by atoms with Crippen LogP contribution < -0.4 is 10.5 Å². The number of carbonyl (C=O) groups is 1. The predicted octanol–water partition coefficient (Wildman–Crippen LogP) is 2.69. The number of anilines is 1. The van der Waals surface area contributed by atoms with Gasteiger partial charge < -0.3 is 10.6 Å². The van der Waals surface area contributed by atoms with E-state index in [1.54, 1.807) is 36.4 Å². The van der Waals surface area contributed by atoms with E-state index in [4.69, 9.17) is 5.73 Å². The van der Waals surface area contributed by atoms with E-state index in [0.717, 1.165) is 12.8 Å². The molecule has 0 radical (unpaired) electrons. The molecular formula is C20H25N3O3S. The first-order valence-electron chi connectivity index (χ1n) is 9.09. The third kappa shape index (κ3) is 4.67. The van der Waals surface area contributed by atoms with Crippen molar-refractivity contribution >= 4 is 21.6 Å². The number of piperidine rings is 1. The molecule has 0 bridgehead atoms. The highest BCUT2D eigenvalue weighted by atomic mass is 32.2. The Labute approximate surface area is 160 Å². The van der Waals surface area contributed by atoms with Crippen LogP contribution >= 0.6 is 0 Å². The first-order chi connectivity index (χ1) is 12.9. The maximum Gasteiger partial charge on any atom is 0.261 e. The summed E-state index contributed by atoms with van der Waals surface area (Å²) >= 11 is 0. The lowest BCUT2D eigenvalue weighted by Gasteiger charge is -2.34. The summed E-state index contributed by atoms with van der Waals surface area (Å²) in [6.45, 7) is 3.32. The first-order valence-corrected chi connectivity index (χ1v) is 10.6. The van der Waals surface area contributed by atoms with Gasteiger partial charge in [-0.2, -0.15) is 0 Å². The molecule has 3 N–H and O–H groups in total. The molecule has 1 fully saturated rings. The van der Waals surface area contributed by atoms with Crippen LogP contribution in [0.25, 0.3) is 0 Å². The van der Waals surface area contributed by atoms with E-state index in [9.17, 15) is 13.2 Å². The SMILES string of the molecule is CC(N)C1CCCN(C(=O)c2ccc(S(=O)(=O)Nc3ccccc3)cc2)C1. The highest BCUT2D eigenvalue weighted by molar-refractivity contribution is 7.92. The highest BCUT2D eigenvalue weighted by Gasteiger charge is 2.26. The molecule has 0 saturated carbocycles. The van der Waals surface area contributed by atoms with Gasteiger partial charge in [-0.25, -0.2) is 8.42 Å². The Kier molecular flexibility index (Phi) is 5.82. The van der Waals surface area contributed by atoms with Crippen LogP contribution in [0, 0.1) is 5.92 Å². The van der Waals surface area contributed by atoms with E-state index >= 15 is 0 Å². The standard InChI is InChI=1S/C20H25N3O3S/c1-15(21)17-6-5-13-23(14-17)20(24)16-9-11-19(12-10-16)27(25,26)22-18-7-3-2-4-8-18/h2-4,7-12,15,17,22H,5-6,13-14,21H2,1H3.